The van der Waals surface area contributed by atoms with Gasteiger partial charge in [-0.1, -0.05) is 498 Å². The highest BCUT2D eigenvalue weighted by Crippen LogP contribution is 2.31. The van der Waals surface area contributed by atoms with Crippen molar-refractivity contribution in [3.05, 3.63) is 72.9 Å². The average Bonchev–Trinajstić information content (AvgIpc) is 0.950. The van der Waals surface area contributed by atoms with Crippen LogP contribution in [0.4, 0.5) is 0 Å². The van der Waals surface area contributed by atoms with Crippen LogP contribution in [0.5, 0.6) is 0 Å². The molecule has 1 aliphatic rings. The fraction of sp³-hybridized carbons (Fsp3) is 0.890. The molecule has 0 aromatic carbocycles. The van der Waals surface area contributed by atoms with Crippen LogP contribution in [0.3, 0.4) is 0 Å². The maximum absolute atomic E-state index is 12.3. The van der Waals surface area contributed by atoms with E-state index in [2.05, 4.69) is 231 Å². The first-order valence-electron chi connectivity index (χ1n) is 65.0. The summed E-state index contributed by atoms with van der Waals surface area (Å²) in [6.07, 6.45) is 129. The summed E-state index contributed by atoms with van der Waals surface area (Å²) in [5.74, 6) is 8.09. The van der Waals surface area contributed by atoms with Crippen LogP contribution in [0.1, 0.15) is 612 Å². The molecule has 0 aromatic heterocycles. The number of piperidine rings is 1. The lowest BCUT2D eigenvalue weighted by Crippen LogP contribution is -2.31. The van der Waals surface area contributed by atoms with Crippen molar-refractivity contribution >= 4 is 17.9 Å². The average molecular weight is 2050 g/mol. The number of unbranched alkanes of at least 4 members (excludes halogenated alkanes) is 45. The molecule has 1 fully saturated rings. The minimum atomic E-state index is 0.0124. The summed E-state index contributed by atoms with van der Waals surface area (Å²) in [7, 11) is 8.92. The number of esters is 3. The number of likely N-dealkylation sites (N-methyl/N-ethyl adjacent to an activating group) is 2. The molecule has 6 atom stereocenters. The van der Waals surface area contributed by atoms with Crippen LogP contribution in [0.25, 0.3) is 0 Å². The number of hydrogen-bond donors (Lipinski definition) is 0. The molecule has 0 aliphatic carbocycles. The third kappa shape index (κ3) is 109. The zero-order chi connectivity index (χ0) is 108. The Labute approximate surface area is 916 Å². The number of allylic oxidation sites excluding steroid dienone is 12. The summed E-state index contributed by atoms with van der Waals surface area (Å²) in [6.45, 7) is 48.0. The van der Waals surface area contributed by atoms with E-state index in [1.54, 1.807) is 0 Å². The van der Waals surface area contributed by atoms with Gasteiger partial charge in [-0.25, -0.2) is 0 Å². The largest absolute Gasteiger partial charge is 0.465 e. The first-order valence-corrected chi connectivity index (χ1v) is 65.0. The Morgan fingerprint density at radius 2 is 0.486 bits per heavy atom. The second kappa shape index (κ2) is 113. The first-order chi connectivity index (χ1) is 70.9. The standard InChI is InChI=1S/C46H90N2O2.C46H87NO2.C44H85NO2/c1-9-10-11-12-13-14-15-16-17-18-19-20-21-22-23-26-29-32-44(37-38-48(8)40-39-47(6)7)33-30-27-24-25-28-31-34-46(49)50-41-45(43(4)5)36-35-42(2)3;1-6-7-8-9-10-11-12-13-14-15-16-17-18-19-20-23-27-32-44(37-40-47-38-30-26-31-39-47)33-28-24-21-22-25-29-34-46(48)49-41-45(43(4)5)36-35-42(2)3;1-8-10-11-12-13-14-15-16-17-18-19-20-21-22-23-26-29-32-42(37-38-45(7)9-2)33-30-27-24-25-28-31-34-44(46)47-39-43(41(5)6)36-35-40(3)4/h13-14,16-17,42-45H,9-12,15,18-41H2,1-8H3;10-11,13-14,42-45H,6-9,12,15-41H2,1-5H3;13-14,16-17,40-43H,8-12,15,18-39H2,1-7H3/b14-13-,17-16-;11-10-,14-13-;14-13-,17-16-. The van der Waals surface area contributed by atoms with Gasteiger partial charge in [0.1, 0.15) is 0 Å². The SMILES string of the molecule is CCCCC/C=C\C/C=C\CCCCCCCCCC(CCCCCCCCC(=O)OCC(CCC(C)C)C(C)C)CCN(C)CC.CCCCC/C=C\C/C=C\CCCCCCCCCC(CCCCCCCCC(=O)OCC(CCC(C)C)C(C)C)CCN(C)CCN(C)C.CCCCC/C=C\C/C=C\CCCCCCCCCC(CCCCCCCCC(=O)OCC(CCC(C)C)C(C)C)CCN1CCCCC1. The molecule has 0 saturated carbocycles. The van der Waals surface area contributed by atoms with Crippen molar-refractivity contribution in [2.45, 2.75) is 612 Å². The fourth-order valence-corrected chi connectivity index (χ4v) is 20.6. The van der Waals surface area contributed by atoms with Gasteiger partial charge in [0.05, 0.1) is 19.8 Å². The van der Waals surface area contributed by atoms with Gasteiger partial charge in [0.2, 0.25) is 0 Å². The quantitative estimate of drug-likeness (QED) is 0.0254. The van der Waals surface area contributed by atoms with Crippen LogP contribution in [0.2, 0.25) is 0 Å². The second-order valence-corrected chi connectivity index (χ2v) is 49.0. The van der Waals surface area contributed by atoms with Gasteiger partial charge in [0.25, 0.3) is 0 Å². The maximum atomic E-state index is 12.3. The monoisotopic (exact) mass is 2050 g/mol. The number of nitrogens with zero attached hydrogens (tertiary/aromatic N) is 4. The van der Waals surface area contributed by atoms with Crippen molar-refractivity contribution in [1.29, 1.82) is 0 Å². The van der Waals surface area contributed by atoms with Gasteiger partial charge < -0.3 is 33.8 Å². The minimum absolute atomic E-state index is 0.0124. The number of carbonyl (C=O) groups is 3. The van der Waals surface area contributed by atoms with Crippen LogP contribution >= 0.6 is 0 Å². The van der Waals surface area contributed by atoms with E-state index in [-0.39, 0.29) is 17.9 Å². The minimum Gasteiger partial charge on any atom is -0.465 e. The lowest BCUT2D eigenvalue weighted by atomic mass is 9.89. The van der Waals surface area contributed by atoms with E-state index in [4.69, 9.17) is 14.2 Å². The smallest absolute Gasteiger partial charge is 0.305 e. The molecule has 0 bridgehead atoms. The second-order valence-electron chi connectivity index (χ2n) is 49.0. The molecule has 1 rings (SSSR count). The Morgan fingerprint density at radius 1 is 0.247 bits per heavy atom. The first kappa shape index (κ1) is 145. The van der Waals surface area contributed by atoms with E-state index in [0.717, 1.165) is 108 Å². The van der Waals surface area contributed by atoms with E-state index < -0.39 is 0 Å². The Hall–Kier alpha value is -3.31. The molecule has 1 aliphatic heterocycles. The normalized spacial score (nSPS) is 14.3. The summed E-state index contributed by atoms with van der Waals surface area (Å²) < 4.78 is 17.0. The Balaban J connectivity index is 0. The van der Waals surface area contributed by atoms with Crippen molar-refractivity contribution in [2.24, 2.45) is 71.0 Å². The van der Waals surface area contributed by atoms with Crippen LogP contribution in [0.15, 0.2) is 72.9 Å². The van der Waals surface area contributed by atoms with Gasteiger partial charge in [-0.3, -0.25) is 14.4 Å². The Kier molecular flexibility index (Phi) is 112. The van der Waals surface area contributed by atoms with Crippen molar-refractivity contribution in [3.63, 3.8) is 0 Å². The topological polar surface area (TPSA) is 91.9 Å². The number of carbonyl (C=O) groups excluding carboxylic acids is 3. The van der Waals surface area contributed by atoms with Crippen LogP contribution in [0, 0.1) is 71.0 Å². The van der Waals surface area contributed by atoms with Gasteiger partial charge in [0.15, 0.2) is 0 Å². The lowest BCUT2D eigenvalue weighted by Gasteiger charge is -2.28. The molecule has 6 unspecified atom stereocenters. The molecule has 862 valence electrons. The summed E-state index contributed by atoms with van der Waals surface area (Å²) in [5, 5.41) is 0. The fourth-order valence-electron chi connectivity index (χ4n) is 20.6. The van der Waals surface area contributed by atoms with Gasteiger partial charge in [-0.15, -0.1) is 0 Å². The predicted octanol–water partition coefficient (Wildman–Crippen LogP) is 41.8. The molecular formula is C136H262N4O6. The van der Waals surface area contributed by atoms with Crippen molar-refractivity contribution in [2.75, 3.05) is 100 Å². The number of hydrogen-bond acceptors (Lipinski definition) is 10. The van der Waals surface area contributed by atoms with E-state index in [1.807, 2.05) is 0 Å². The number of rotatable bonds is 106. The number of likely N-dealkylation sites (tertiary alicyclic amines) is 1. The third-order valence-electron chi connectivity index (χ3n) is 32.1. The van der Waals surface area contributed by atoms with Gasteiger partial charge >= 0.3 is 17.9 Å². The molecule has 0 amide bonds. The zero-order valence-electron chi connectivity index (χ0n) is 103. The third-order valence-corrected chi connectivity index (χ3v) is 32.1. The summed E-state index contributed by atoms with van der Waals surface area (Å²) >= 11 is 0. The highest BCUT2D eigenvalue weighted by atomic mass is 16.5. The number of ether oxygens (including phenoxy) is 3. The van der Waals surface area contributed by atoms with Crippen molar-refractivity contribution in [3.8, 4) is 0 Å². The van der Waals surface area contributed by atoms with Crippen LogP contribution in [-0.4, -0.2) is 138 Å². The molecular weight excluding hydrogens is 1790 g/mol. The van der Waals surface area contributed by atoms with Crippen LogP contribution < -0.4 is 0 Å². The van der Waals surface area contributed by atoms with E-state index in [1.165, 1.54) is 444 Å². The van der Waals surface area contributed by atoms with Gasteiger partial charge in [0, 0.05) is 32.4 Å². The van der Waals surface area contributed by atoms with Crippen molar-refractivity contribution < 1.29 is 28.6 Å². The highest BCUT2D eigenvalue weighted by molar-refractivity contribution is 5.70. The summed E-state index contributed by atoms with van der Waals surface area (Å²) in [5.41, 5.74) is 0. The molecule has 10 nitrogen and oxygen atoms in total. The molecule has 0 aromatic rings. The molecule has 0 radical (unpaired) electrons. The molecule has 10 heteroatoms. The zero-order valence-corrected chi connectivity index (χ0v) is 103. The van der Waals surface area contributed by atoms with Gasteiger partial charge in [-0.05, 0) is 305 Å². The van der Waals surface area contributed by atoms with E-state index >= 15 is 0 Å². The van der Waals surface area contributed by atoms with E-state index in [0.29, 0.717) is 92.3 Å². The highest BCUT2D eigenvalue weighted by Gasteiger charge is 2.22. The molecule has 1 heterocycles. The Bertz CT molecular complexity index is 2850. The Morgan fingerprint density at radius 3 is 0.733 bits per heavy atom. The van der Waals surface area contributed by atoms with Gasteiger partial charge in [-0.2, -0.15) is 0 Å². The predicted molar refractivity (Wildman–Crippen MR) is 650 cm³/mol. The van der Waals surface area contributed by atoms with Crippen LogP contribution in [-0.2, 0) is 28.6 Å². The lowest BCUT2D eigenvalue weighted by molar-refractivity contribution is -0.146. The maximum Gasteiger partial charge on any atom is 0.305 e. The summed E-state index contributed by atoms with van der Waals surface area (Å²) in [6, 6.07) is 0. The van der Waals surface area contributed by atoms with E-state index in [9.17, 15) is 14.4 Å². The molecule has 1 saturated heterocycles. The van der Waals surface area contributed by atoms with Crippen molar-refractivity contribution in [1.82, 2.24) is 19.6 Å². The molecule has 0 N–H and O–H groups in total. The summed E-state index contributed by atoms with van der Waals surface area (Å²) in [4.78, 5) is 47.0. The molecule has 0 spiro atoms. The molecule has 146 heavy (non-hydrogen) atoms.